The molecule has 1 unspecified atom stereocenters. The Hall–Kier alpha value is -3.27. The molecule has 0 fully saturated rings. The third-order valence-electron chi connectivity index (χ3n) is 5.04. The smallest absolute Gasteiger partial charge is 0.245 e. The van der Waals surface area contributed by atoms with E-state index < -0.39 is 22.0 Å². The molecule has 1 atom stereocenters. The number of amides is 1. The molecule has 3 aromatic rings. The largest absolute Gasteiger partial charge is 0.493 e. The molecule has 0 heterocycles. The fourth-order valence-corrected chi connectivity index (χ4v) is 5.00. The van der Waals surface area contributed by atoms with E-state index in [1.165, 1.54) is 32.4 Å². The number of hydrogen-bond donors (Lipinski definition) is 2. The zero-order valence-electron chi connectivity index (χ0n) is 19.6. The Morgan fingerprint density at radius 2 is 1.63 bits per heavy atom. The third-order valence-corrected chi connectivity index (χ3v) is 6.77. The maximum Gasteiger partial charge on any atom is 0.245 e. The van der Waals surface area contributed by atoms with E-state index in [4.69, 9.17) is 25.8 Å². The molecule has 8 nitrogen and oxygen atoms in total. The van der Waals surface area contributed by atoms with Crippen molar-refractivity contribution < 1.29 is 27.4 Å². The number of benzene rings is 3. The van der Waals surface area contributed by atoms with Gasteiger partial charge in [0.2, 0.25) is 15.9 Å². The van der Waals surface area contributed by atoms with E-state index in [1.807, 2.05) is 30.3 Å². The highest BCUT2D eigenvalue weighted by Gasteiger charge is 2.29. The zero-order valence-corrected chi connectivity index (χ0v) is 21.2. The van der Waals surface area contributed by atoms with Gasteiger partial charge < -0.3 is 19.5 Å². The summed E-state index contributed by atoms with van der Waals surface area (Å²) in [5, 5.41) is 2.98. The first-order chi connectivity index (χ1) is 16.8. The summed E-state index contributed by atoms with van der Waals surface area (Å²) in [6, 6.07) is 17.2. The average Bonchev–Trinajstić information content (AvgIpc) is 2.85. The molecule has 3 aromatic carbocycles. The Kier molecular flexibility index (Phi) is 8.97. The van der Waals surface area contributed by atoms with Gasteiger partial charge in [-0.2, -0.15) is 4.72 Å². The number of ether oxygens (including phenoxy) is 3. The fraction of sp³-hybridized carbons (Fsp3) is 0.240. The summed E-state index contributed by atoms with van der Waals surface area (Å²) in [6.07, 6.45) is 0.115. The molecule has 3 rings (SSSR count). The Bertz CT molecular complexity index is 1270. The predicted molar refractivity (Wildman–Crippen MR) is 135 cm³/mol. The molecule has 0 saturated heterocycles. The van der Waals surface area contributed by atoms with Gasteiger partial charge in [0.05, 0.1) is 20.8 Å². The molecule has 2 N–H and O–H groups in total. The zero-order chi connectivity index (χ0) is 25.4. The SMILES string of the molecule is CCOc1ccc(Cl)cc1S(=O)(=O)NC(Cc1ccccc1)C(=O)Nc1ccc(OC)c(OC)c1. The molecule has 0 aliphatic rings. The van der Waals surface area contributed by atoms with Crippen LogP contribution < -0.4 is 24.2 Å². The number of halogens is 1. The van der Waals surface area contributed by atoms with Gasteiger partial charge in [-0.1, -0.05) is 41.9 Å². The average molecular weight is 519 g/mol. The molecule has 35 heavy (non-hydrogen) atoms. The van der Waals surface area contributed by atoms with Gasteiger partial charge in [-0.3, -0.25) is 4.79 Å². The lowest BCUT2D eigenvalue weighted by molar-refractivity contribution is -0.117. The topological polar surface area (TPSA) is 103 Å². The van der Waals surface area contributed by atoms with Crippen LogP contribution in [0.5, 0.6) is 17.2 Å². The molecular weight excluding hydrogens is 492 g/mol. The van der Waals surface area contributed by atoms with Gasteiger partial charge in [0, 0.05) is 16.8 Å². The van der Waals surface area contributed by atoms with E-state index in [2.05, 4.69) is 10.0 Å². The summed E-state index contributed by atoms with van der Waals surface area (Å²) in [5.74, 6) is 0.509. The van der Waals surface area contributed by atoms with Crippen LogP contribution in [0.3, 0.4) is 0 Å². The summed E-state index contributed by atoms with van der Waals surface area (Å²) in [5.41, 5.74) is 1.20. The number of anilines is 1. The Balaban J connectivity index is 1.93. The van der Waals surface area contributed by atoms with E-state index in [9.17, 15) is 13.2 Å². The normalized spacial score (nSPS) is 12.0. The van der Waals surface area contributed by atoms with Crippen LogP contribution in [0, 0.1) is 0 Å². The second-order valence-corrected chi connectivity index (χ2v) is 9.57. The molecule has 0 saturated carbocycles. The van der Waals surface area contributed by atoms with Crippen LogP contribution >= 0.6 is 11.6 Å². The Morgan fingerprint density at radius 3 is 2.29 bits per heavy atom. The lowest BCUT2D eigenvalue weighted by atomic mass is 10.1. The van der Waals surface area contributed by atoms with E-state index in [0.717, 1.165) is 5.56 Å². The van der Waals surface area contributed by atoms with Gasteiger partial charge in [0.1, 0.15) is 16.7 Å². The number of carbonyl (C=O) groups is 1. The molecule has 0 aliphatic carbocycles. The number of rotatable bonds is 11. The van der Waals surface area contributed by atoms with Crippen molar-refractivity contribution in [2.24, 2.45) is 0 Å². The van der Waals surface area contributed by atoms with Crippen LogP contribution in [0.1, 0.15) is 12.5 Å². The monoisotopic (exact) mass is 518 g/mol. The maximum atomic E-state index is 13.4. The van der Waals surface area contributed by atoms with Gasteiger partial charge >= 0.3 is 0 Å². The number of hydrogen-bond acceptors (Lipinski definition) is 6. The van der Waals surface area contributed by atoms with Gasteiger partial charge in [-0.25, -0.2) is 8.42 Å². The predicted octanol–water partition coefficient (Wildman–Crippen LogP) is 4.28. The van der Waals surface area contributed by atoms with Crippen LogP contribution in [0.25, 0.3) is 0 Å². The van der Waals surface area contributed by atoms with Crippen LogP contribution in [0.2, 0.25) is 5.02 Å². The molecule has 10 heteroatoms. The summed E-state index contributed by atoms with van der Waals surface area (Å²) >= 11 is 6.06. The molecule has 0 aromatic heterocycles. The number of methoxy groups -OCH3 is 2. The van der Waals surface area contributed by atoms with Crippen molar-refractivity contribution in [1.29, 1.82) is 0 Å². The van der Waals surface area contributed by atoms with Crippen molar-refractivity contribution >= 4 is 33.2 Å². The molecule has 186 valence electrons. The van der Waals surface area contributed by atoms with Crippen molar-refractivity contribution in [3.63, 3.8) is 0 Å². The Labute approximate surface area is 210 Å². The van der Waals surface area contributed by atoms with Gasteiger partial charge in [0.25, 0.3) is 0 Å². The summed E-state index contributed by atoms with van der Waals surface area (Å²) in [4.78, 5) is 13.1. The van der Waals surface area contributed by atoms with E-state index >= 15 is 0 Å². The van der Waals surface area contributed by atoms with E-state index in [1.54, 1.807) is 25.1 Å². The van der Waals surface area contributed by atoms with Crippen LogP contribution in [-0.2, 0) is 21.2 Å². The minimum absolute atomic E-state index is 0.115. The molecule has 0 aliphatic heterocycles. The third kappa shape index (κ3) is 6.88. The summed E-state index contributed by atoms with van der Waals surface area (Å²) in [6.45, 7) is 2.00. The fourth-order valence-electron chi connectivity index (χ4n) is 3.40. The highest BCUT2D eigenvalue weighted by Crippen LogP contribution is 2.30. The molecular formula is C25H27ClN2O6S. The number of nitrogens with one attached hydrogen (secondary N) is 2. The van der Waals surface area contributed by atoms with Crippen LogP contribution in [0.4, 0.5) is 5.69 Å². The Morgan fingerprint density at radius 1 is 0.943 bits per heavy atom. The standard InChI is InChI=1S/C25H27ClN2O6S/c1-4-34-22-12-10-18(26)15-24(22)35(30,31)28-20(14-17-8-6-5-7-9-17)25(29)27-19-11-13-21(32-2)23(16-19)33-3/h5-13,15-16,20,28H,4,14H2,1-3H3,(H,27,29). The minimum Gasteiger partial charge on any atom is -0.493 e. The molecule has 1 amide bonds. The highest BCUT2D eigenvalue weighted by atomic mass is 35.5. The highest BCUT2D eigenvalue weighted by molar-refractivity contribution is 7.89. The molecule has 0 bridgehead atoms. The van der Waals surface area contributed by atoms with Gasteiger partial charge in [0.15, 0.2) is 11.5 Å². The number of carbonyl (C=O) groups excluding carboxylic acids is 1. The lowest BCUT2D eigenvalue weighted by Gasteiger charge is -2.20. The second kappa shape index (κ2) is 11.9. The first-order valence-corrected chi connectivity index (χ1v) is 12.6. The quantitative estimate of drug-likeness (QED) is 0.392. The first-order valence-electron chi connectivity index (χ1n) is 10.8. The van der Waals surface area contributed by atoms with Gasteiger partial charge in [-0.15, -0.1) is 0 Å². The van der Waals surface area contributed by atoms with E-state index in [-0.39, 0.29) is 28.7 Å². The summed E-state index contributed by atoms with van der Waals surface area (Å²) < 4.78 is 45.2. The molecule has 0 spiro atoms. The summed E-state index contributed by atoms with van der Waals surface area (Å²) in [7, 11) is -1.19. The van der Waals surface area contributed by atoms with Crippen molar-refractivity contribution in [3.05, 3.63) is 77.3 Å². The number of sulfonamides is 1. The van der Waals surface area contributed by atoms with E-state index in [0.29, 0.717) is 17.2 Å². The van der Waals surface area contributed by atoms with Crippen LogP contribution in [-0.4, -0.2) is 41.2 Å². The second-order valence-electron chi connectivity index (χ2n) is 7.45. The van der Waals surface area contributed by atoms with Crippen molar-refractivity contribution in [1.82, 2.24) is 4.72 Å². The first kappa shape index (κ1) is 26.3. The maximum absolute atomic E-state index is 13.4. The lowest BCUT2D eigenvalue weighted by Crippen LogP contribution is -2.45. The minimum atomic E-state index is -4.18. The van der Waals surface area contributed by atoms with Crippen molar-refractivity contribution in [3.8, 4) is 17.2 Å². The van der Waals surface area contributed by atoms with Crippen molar-refractivity contribution in [2.75, 3.05) is 26.1 Å². The van der Waals surface area contributed by atoms with Gasteiger partial charge in [-0.05, 0) is 49.2 Å². The van der Waals surface area contributed by atoms with Crippen molar-refractivity contribution in [2.45, 2.75) is 24.3 Å². The van der Waals surface area contributed by atoms with Crippen LogP contribution in [0.15, 0.2) is 71.6 Å². The molecule has 0 radical (unpaired) electrons.